The Labute approximate surface area is 153 Å². The van der Waals surface area contributed by atoms with Gasteiger partial charge in [0, 0.05) is 5.56 Å². The van der Waals surface area contributed by atoms with E-state index in [-0.39, 0.29) is 23.1 Å². The highest BCUT2D eigenvalue weighted by molar-refractivity contribution is 7.90. The number of ether oxygens (including phenoxy) is 1. The van der Waals surface area contributed by atoms with Crippen molar-refractivity contribution in [3.63, 3.8) is 0 Å². The van der Waals surface area contributed by atoms with Gasteiger partial charge in [0.05, 0.1) is 18.7 Å². The van der Waals surface area contributed by atoms with E-state index in [0.717, 1.165) is 17.4 Å². The molecule has 2 atom stereocenters. The molecular formula is C19H21N2O4S+. The summed E-state index contributed by atoms with van der Waals surface area (Å²) in [7, 11) is -3.78. The minimum atomic E-state index is -3.78. The first-order valence-electron chi connectivity index (χ1n) is 8.71. The van der Waals surface area contributed by atoms with Gasteiger partial charge in [0.2, 0.25) is 0 Å². The van der Waals surface area contributed by atoms with E-state index < -0.39 is 15.9 Å². The van der Waals surface area contributed by atoms with Crippen LogP contribution < -0.4 is 4.90 Å². The molecule has 6 nitrogen and oxygen atoms in total. The summed E-state index contributed by atoms with van der Waals surface area (Å²) in [5.74, 6) is -0.459. The molecule has 7 heteroatoms. The highest BCUT2D eigenvalue weighted by Gasteiger charge is 2.42. The second-order valence-electron chi connectivity index (χ2n) is 6.70. The van der Waals surface area contributed by atoms with Gasteiger partial charge < -0.3 is 9.64 Å². The number of morpholine rings is 1. The first kappa shape index (κ1) is 17.2. The average Bonchev–Trinajstić information content (AvgIpc) is 2.84. The summed E-state index contributed by atoms with van der Waals surface area (Å²) in [6, 6.07) is 16.5. The minimum Gasteiger partial charge on any atom is -0.365 e. The third-order valence-corrected chi connectivity index (χ3v) is 6.71. The van der Waals surface area contributed by atoms with E-state index in [4.69, 9.17) is 4.74 Å². The molecule has 2 aliphatic rings. The lowest BCUT2D eigenvalue weighted by Crippen LogP contribution is -3.13. The molecule has 1 amide bonds. The van der Waals surface area contributed by atoms with Gasteiger partial charge in [0.1, 0.15) is 30.6 Å². The number of nitrogens with zero attached hydrogens (tertiary/aromatic N) is 1. The largest absolute Gasteiger partial charge is 0.365 e. The molecule has 1 N–H and O–H groups in total. The number of sulfonamides is 1. The number of quaternary nitrogens is 1. The number of amides is 1. The fourth-order valence-electron chi connectivity index (χ4n) is 3.61. The van der Waals surface area contributed by atoms with Crippen LogP contribution in [0.2, 0.25) is 0 Å². The van der Waals surface area contributed by atoms with Crippen molar-refractivity contribution in [3.05, 3.63) is 65.7 Å². The standard InChI is InChI=1S/C19H20N2O4S/c22-19-17-8-4-5-9-18(17)26(23,24)21(19)14-16-13-20(10-11-25-16)12-15-6-2-1-3-7-15/h1-9,16H,10-14H2/p+1/t16-/m1/s1. The first-order valence-corrected chi connectivity index (χ1v) is 10.1. The maximum Gasteiger partial charge on any atom is 0.269 e. The SMILES string of the molecule is O=C1c2ccccc2S(=O)(=O)N1C[C@H]1C[NH+](Cc2ccccc2)CCO1. The summed E-state index contributed by atoms with van der Waals surface area (Å²) in [5.41, 5.74) is 1.48. The van der Waals surface area contributed by atoms with Crippen LogP contribution in [0.15, 0.2) is 59.5 Å². The van der Waals surface area contributed by atoms with Crippen LogP contribution in [-0.2, 0) is 21.3 Å². The van der Waals surface area contributed by atoms with Crippen LogP contribution in [-0.4, -0.2) is 51.0 Å². The lowest BCUT2D eigenvalue weighted by atomic mass is 10.2. The van der Waals surface area contributed by atoms with E-state index in [9.17, 15) is 13.2 Å². The molecule has 136 valence electrons. The quantitative estimate of drug-likeness (QED) is 0.838. The Morgan fingerprint density at radius 2 is 1.81 bits per heavy atom. The van der Waals surface area contributed by atoms with Crippen LogP contribution in [0.3, 0.4) is 0 Å². The van der Waals surface area contributed by atoms with Gasteiger partial charge in [-0.1, -0.05) is 42.5 Å². The van der Waals surface area contributed by atoms with Crippen LogP contribution >= 0.6 is 0 Å². The topological polar surface area (TPSA) is 68.1 Å². The zero-order valence-corrected chi connectivity index (χ0v) is 15.1. The lowest BCUT2D eigenvalue weighted by Gasteiger charge is -2.32. The Kier molecular flexibility index (Phi) is 4.52. The van der Waals surface area contributed by atoms with Gasteiger partial charge in [-0.05, 0) is 12.1 Å². The maximum atomic E-state index is 12.7. The number of nitrogens with one attached hydrogen (secondary N) is 1. The molecule has 2 aliphatic heterocycles. The van der Waals surface area contributed by atoms with Crippen molar-refractivity contribution < 1.29 is 22.8 Å². The second-order valence-corrected chi connectivity index (χ2v) is 8.53. The van der Waals surface area contributed by atoms with E-state index in [0.29, 0.717) is 13.2 Å². The molecule has 1 fully saturated rings. The molecule has 2 aromatic carbocycles. The Morgan fingerprint density at radius 3 is 2.58 bits per heavy atom. The molecule has 1 unspecified atom stereocenters. The zero-order chi connectivity index (χ0) is 18.1. The number of benzene rings is 2. The van der Waals surface area contributed by atoms with Gasteiger partial charge in [0.15, 0.2) is 0 Å². The van der Waals surface area contributed by atoms with Crippen LogP contribution in [0.1, 0.15) is 15.9 Å². The second kappa shape index (κ2) is 6.83. The average molecular weight is 373 g/mol. The normalized spacial score (nSPS) is 24.5. The molecular weight excluding hydrogens is 352 g/mol. The van der Waals surface area contributed by atoms with Gasteiger partial charge >= 0.3 is 0 Å². The van der Waals surface area contributed by atoms with E-state index >= 15 is 0 Å². The molecule has 0 radical (unpaired) electrons. The Morgan fingerprint density at radius 1 is 1.08 bits per heavy atom. The Balaban J connectivity index is 1.47. The van der Waals surface area contributed by atoms with E-state index in [1.165, 1.54) is 16.5 Å². The predicted molar refractivity (Wildman–Crippen MR) is 95.2 cm³/mol. The van der Waals surface area contributed by atoms with Crippen LogP contribution in [0.25, 0.3) is 0 Å². The molecule has 0 aliphatic carbocycles. The Hall–Kier alpha value is -2.22. The molecule has 26 heavy (non-hydrogen) atoms. The number of hydrogen-bond donors (Lipinski definition) is 1. The number of carbonyl (C=O) groups is 1. The summed E-state index contributed by atoms with van der Waals surface area (Å²) in [4.78, 5) is 14.0. The van der Waals surface area contributed by atoms with Gasteiger partial charge in [0.25, 0.3) is 15.9 Å². The molecule has 2 aromatic rings. The van der Waals surface area contributed by atoms with Gasteiger partial charge in [-0.25, -0.2) is 12.7 Å². The van der Waals surface area contributed by atoms with Crippen molar-refractivity contribution >= 4 is 15.9 Å². The molecule has 0 saturated carbocycles. The summed E-state index contributed by atoms with van der Waals surface area (Å²) < 4.78 is 32.1. The van der Waals surface area contributed by atoms with Crippen molar-refractivity contribution in [2.24, 2.45) is 0 Å². The first-order chi connectivity index (χ1) is 12.6. The minimum absolute atomic E-state index is 0.0636. The number of hydrogen-bond acceptors (Lipinski definition) is 4. The summed E-state index contributed by atoms with van der Waals surface area (Å²) >= 11 is 0. The molecule has 2 heterocycles. The molecule has 0 aromatic heterocycles. The Bertz CT molecular complexity index is 914. The number of fused-ring (bicyclic) bond motifs is 1. The predicted octanol–water partition coefficient (Wildman–Crippen LogP) is 0.315. The van der Waals surface area contributed by atoms with Crippen LogP contribution in [0.5, 0.6) is 0 Å². The third kappa shape index (κ3) is 3.13. The van der Waals surface area contributed by atoms with E-state index in [1.54, 1.807) is 18.2 Å². The van der Waals surface area contributed by atoms with Gasteiger partial charge in [-0.2, -0.15) is 0 Å². The molecule has 4 rings (SSSR count). The van der Waals surface area contributed by atoms with Crippen molar-refractivity contribution in [2.75, 3.05) is 26.2 Å². The number of rotatable bonds is 4. The van der Waals surface area contributed by atoms with Crippen LogP contribution in [0.4, 0.5) is 0 Å². The monoisotopic (exact) mass is 373 g/mol. The molecule has 1 saturated heterocycles. The zero-order valence-electron chi connectivity index (χ0n) is 14.3. The molecule has 0 spiro atoms. The fraction of sp³-hybridized carbons (Fsp3) is 0.316. The maximum absolute atomic E-state index is 12.7. The molecule has 0 bridgehead atoms. The highest BCUT2D eigenvalue weighted by Crippen LogP contribution is 2.30. The van der Waals surface area contributed by atoms with Crippen molar-refractivity contribution in [1.29, 1.82) is 0 Å². The summed E-state index contributed by atoms with van der Waals surface area (Å²) in [5, 5.41) is 0. The van der Waals surface area contributed by atoms with Gasteiger partial charge in [-0.15, -0.1) is 0 Å². The lowest BCUT2D eigenvalue weighted by molar-refractivity contribution is -0.925. The fourth-order valence-corrected chi connectivity index (χ4v) is 5.21. The third-order valence-electron chi connectivity index (χ3n) is 4.90. The van der Waals surface area contributed by atoms with Gasteiger partial charge in [-0.3, -0.25) is 4.79 Å². The highest BCUT2D eigenvalue weighted by atomic mass is 32.2. The smallest absolute Gasteiger partial charge is 0.269 e. The summed E-state index contributed by atoms with van der Waals surface area (Å²) in [6.45, 7) is 3.02. The summed E-state index contributed by atoms with van der Waals surface area (Å²) in [6.07, 6.45) is -0.296. The van der Waals surface area contributed by atoms with Crippen LogP contribution in [0, 0.1) is 0 Å². The van der Waals surface area contributed by atoms with E-state index in [1.807, 2.05) is 18.2 Å². The van der Waals surface area contributed by atoms with Crippen molar-refractivity contribution in [3.8, 4) is 0 Å². The number of carbonyl (C=O) groups excluding carboxylic acids is 1. The van der Waals surface area contributed by atoms with Crippen molar-refractivity contribution in [2.45, 2.75) is 17.5 Å². The van der Waals surface area contributed by atoms with E-state index in [2.05, 4.69) is 12.1 Å². The van der Waals surface area contributed by atoms with Crippen molar-refractivity contribution in [1.82, 2.24) is 4.31 Å².